The average molecular weight is 296 g/mol. The average Bonchev–Trinajstić information content (AvgIpc) is 2.92. The van der Waals surface area contributed by atoms with E-state index in [0.717, 1.165) is 25.7 Å². The van der Waals surface area contributed by atoms with E-state index in [1.165, 1.54) is 12.1 Å². The summed E-state index contributed by atoms with van der Waals surface area (Å²) in [6.07, 6.45) is 4.38. The number of hydrogen-bond acceptors (Lipinski definition) is 3. The highest BCUT2D eigenvalue weighted by Gasteiger charge is 2.17. The van der Waals surface area contributed by atoms with Gasteiger partial charge >= 0.3 is 6.03 Å². The van der Waals surface area contributed by atoms with Crippen molar-refractivity contribution in [2.45, 2.75) is 43.5 Å². The standard InChI is InChI=1S/C14H20N2O3S/c1-2-20(18,19)13-9-7-12(8-10-13)16-14(17)15-11-5-3-4-6-11/h7-11H,2-6H2,1H3,(H2,15,16,17). The van der Waals surface area contributed by atoms with Crippen LogP contribution >= 0.6 is 0 Å². The first-order valence-electron chi connectivity index (χ1n) is 6.91. The first-order chi connectivity index (χ1) is 9.51. The molecule has 0 heterocycles. The van der Waals surface area contributed by atoms with Gasteiger partial charge in [-0.1, -0.05) is 19.8 Å². The molecule has 1 aliphatic carbocycles. The summed E-state index contributed by atoms with van der Waals surface area (Å²) in [5.41, 5.74) is 0.593. The van der Waals surface area contributed by atoms with Crippen molar-refractivity contribution in [3.05, 3.63) is 24.3 Å². The Bertz CT molecular complexity index is 561. The Labute approximate surface area is 119 Å². The summed E-state index contributed by atoms with van der Waals surface area (Å²) in [7, 11) is -3.19. The van der Waals surface area contributed by atoms with E-state index in [1.807, 2.05) is 0 Å². The fourth-order valence-electron chi connectivity index (χ4n) is 2.33. The molecule has 0 unspecified atom stereocenters. The zero-order valence-electron chi connectivity index (χ0n) is 11.6. The highest BCUT2D eigenvalue weighted by Crippen LogP contribution is 2.18. The monoisotopic (exact) mass is 296 g/mol. The van der Waals surface area contributed by atoms with Gasteiger partial charge in [0.1, 0.15) is 0 Å². The van der Waals surface area contributed by atoms with Gasteiger partial charge in [0.15, 0.2) is 9.84 Å². The Kier molecular flexibility index (Phi) is 4.65. The maximum Gasteiger partial charge on any atom is 0.319 e. The van der Waals surface area contributed by atoms with E-state index >= 15 is 0 Å². The van der Waals surface area contributed by atoms with Gasteiger partial charge in [0.05, 0.1) is 10.6 Å². The number of sulfone groups is 1. The first-order valence-corrected chi connectivity index (χ1v) is 8.57. The first kappa shape index (κ1) is 14.8. The van der Waals surface area contributed by atoms with E-state index in [-0.39, 0.29) is 22.7 Å². The van der Waals surface area contributed by atoms with Gasteiger partial charge in [-0.3, -0.25) is 0 Å². The number of rotatable bonds is 4. The van der Waals surface area contributed by atoms with E-state index < -0.39 is 9.84 Å². The van der Waals surface area contributed by atoms with Crippen molar-refractivity contribution in [1.29, 1.82) is 0 Å². The summed E-state index contributed by atoms with van der Waals surface area (Å²) in [5.74, 6) is 0.0714. The molecule has 1 aliphatic rings. The summed E-state index contributed by atoms with van der Waals surface area (Å²) in [6, 6.07) is 6.28. The van der Waals surface area contributed by atoms with Crippen molar-refractivity contribution >= 4 is 21.6 Å². The van der Waals surface area contributed by atoms with Crippen LogP contribution in [-0.4, -0.2) is 26.2 Å². The van der Waals surface area contributed by atoms with Crippen LogP contribution in [0.1, 0.15) is 32.6 Å². The third-order valence-electron chi connectivity index (χ3n) is 3.54. The largest absolute Gasteiger partial charge is 0.335 e. The lowest BCUT2D eigenvalue weighted by molar-refractivity contribution is 0.248. The van der Waals surface area contributed by atoms with Crippen LogP contribution in [0.15, 0.2) is 29.2 Å². The summed E-state index contributed by atoms with van der Waals surface area (Å²) < 4.78 is 23.3. The number of nitrogens with one attached hydrogen (secondary N) is 2. The van der Waals surface area contributed by atoms with Gasteiger partial charge in [-0.15, -0.1) is 0 Å². The lowest BCUT2D eigenvalue weighted by atomic mass is 10.2. The summed E-state index contributed by atoms with van der Waals surface area (Å²) in [4.78, 5) is 12.0. The molecule has 0 bridgehead atoms. The highest BCUT2D eigenvalue weighted by molar-refractivity contribution is 7.91. The molecular formula is C14H20N2O3S. The number of benzene rings is 1. The maximum absolute atomic E-state index is 11.8. The minimum atomic E-state index is -3.19. The van der Waals surface area contributed by atoms with Gasteiger partial charge in [-0.2, -0.15) is 0 Å². The number of hydrogen-bond donors (Lipinski definition) is 2. The fourth-order valence-corrected chi connectivity index (χ4v) is 3.22. The van der Waals surface area contributed by atoms with Crippen LogP contribution in [0.2, 0.25) is 0 Å². The quantitative estimate of drug-likeness (QED) is 0.896. The van der Waals surface area contributed by atoms with E-state index in [1.54, 1.807) is 19.1 Å². The second-order valence-corrected chi connectivity index (χ2v) is 7.29. The van der Waals surface area contributed by atoms with Gasteiger partial charge < -0.3 is 10.6 Å². The molecule has 2 rings (SSSR count). The van der Waals surface area contributed by atoms with E-state index in [2.05, 4.69) is 10.6 Å². The number of carbonyl (C=O) groups is 1. The normalized spacial score (nSPS) is 16.1. The van der Waals surface area contributed by atoms with Gasteiger partial charge in [0.2, 0.25) is 0 Å². The highest BCUT2D eigenvalue weighted by atomic mass is 32.2. The molecule has 5 nitrogen and oxygen atoms in total. The molecule has 0 spiro atoms. The van der Waals surface area contributed by atoms with Crippen LogP contribution < -0.4 is 10.6 Å². The van der Waals surface area contributed by atoms with Gasteiger partial charge in [0.25, 0.3) is 0 Å². The molecule has 0 saturated heterocycles. The Hall–Kier alpha value is -1.56. The zero-order valence-corrected chi connectivity index (χ0v) is 12.4. The van der Waals surface area contributed by atoms with Crippen molar-refractivity contribution in [1.82, 2.24) is 5.32 Å². The second-order valence-electron chi connectivity index (χ2n) is 5.01. The number of amides is 2. The van der Waals surface area contributed by atoms with Gasteiger partial charge in [0, 0.05) is 11.7 Å². The maximum atomic E-state index is 11.8. The molecule has 1 fully saturated rings. The Morgan fingerprint density at radius 1 is 1.20 bits per heavy atom. The number of urea groups is 1. The number of anilines is 1. The van der Waals surface area contributed by atoms with E-state index in [4.69, 9.17) is 0 Å². The van der Waals surface area contributed by atoms with Gasteiger partial charge in [-0.05, 0) is 37.1 Å². The molecule has 1 aromatic rings. The van der Waals surface area contributed by atoms with Crippen LogP contribution in [0.4, 0.5) is 10.5 Å². The van der Waals surface area contributed by atoms with Crippen LogP contribution in [0.25, 0.3) is 0 Å². The fraction of sp³-hybridized carbons (Fsp3) is 0.500. The third-order valence-corrected chi connectivity index (χ3v) is 5.29. The molecule has 2 amide bonds. The Morgan fingerprint density at radius 3 is 2.35 bits per heavy atom. The minimum Gasteiger partial charge on any atom is -0.335 e. The number of carbonyl (C=O) groups excluding carboxylic acids is 1. The third kappa shape index (κ3) is 3.72. The van der Waals surface area contributed by atoms with Crippen LogP contribution in [0, 0.1) is 0 Å². The zero-order chi connectivity index (χ0) is 14.6. The van der Waals surface area contributed by atoms with Crippen molar-refractivity contribution in [3.63, 3.8) is 0 Å². The predicted octanol–water partition coefficient (Wildman–Crippen LogP) is 2.54. The summed E-state index contributed by atoms with van der Waals surface area (Å²) >= 11 is 0. The van der Waals surface area contributed by atoms with E-state index in [0.29, 0.717) is 5.69 Å². The lowest BCUT2D eigenvalue weighted by Gasteiger charge is -2.13. The molecule has 1 saturated carbocycles. The molecular weight excluding hydrogens is 276 g/mol. The molecule has 110 valence electrons. The van der Waals surface area contributed by atoms with Crippen molar-refractivity contribution < 1.29 is 13.2 Å². The van der Waals surface area contributed by atoms with Crippen molar-refractivity contribution in [2.24, 2.45) is 0 Å². The lowest BCUT2D eigenvalue weighted by Crippen LogP contribution is -2.36. The van der Waals surface area contributed by atoms with Crippen molar-refractivity contribution in [3.8, 4) is 0 Å². The topological polar surface area (TPSA) is 75.3 Å². The molecule has 6 heteroatoms. The Balaban J connectivity index is 1.95. The molecule has 20 heavy (non-hydrogen) atoms. The predicted molar refractivity (Wildman–Crippen MR) is 78.6 cm³/mol. The minimum absolute atomic E-state index is 0.0714. The van der Waals surface area contributed by atoms with E-state index in [9.17, 15) is 13.2 Å². The second kappa shape index (κ2) is 6.26. The SMILES string of the molecule is CCS(=O)(=O)c1ccc(NC(=O)NC2CCCC2)cc1. The molecule has 0 aliphatic heterocycles. The molecule has 0 atom stereocenters. The smallest absolute Gasteiger partial charge is 0.319 e. The van der Waals surface area contributed by atoms with Gasteiger partial charge in [-0.25, -0.2) is 13.2 Å². The van der Waals surface area contributed by atoms with Crippen LogP contribution in [0.3, 0.4) is 0 Å². The summed E-state index contributed by atoms with van der Waals surface area (Å²) in [6.45, 7) is 1.61. The molecule has 0 aromatic heterocycles. The molecule has 2 N–H and O–H groups in total. The summed E-state index contributed by atoms with van der Waals surface area (Å²) in [5, 5.41) is 5.64. The van der Waals surface area contributed by atoms with Crippen molar-refractivity contribution in [2.75, 3.05) is 11.1 Å². The van der Waals surface area contributed by atoms with Crippen LogP contribution in [-0.2, 0) is 9.84 Å². The molecule has 0 radical (unpaired) electrons. The van der Waals surface area contributed by atoms with Crippen LogP contribution in [0.5, 0.6) is 0 Å². The molecule has 1 aromatic carbocycles. The Morgan fingerprint density at radius 2 is 1.80 bits per heavy atom.